The molecule has 1 aliphatic rings. The summed E-state index contributed by atoms with van der Waals surface area (Å²) in [5.41, 5.74) is 1.67. The summed E-state index contributed by atoms with van der Waals surface area (Å²) in [5, 5.41) is 3.34. The molecule has 0 aliphatic carbocycles. The van der Waals surface area contributed by atoms with E-state index >= 15 is 0 Å². The van der Waals surface area contributed by atoms with Crippen molar-refractivity contribution in [1.82, 2.24) is 9.62 Å². The summed E-state index contributed by atoms with van der Waals surface area (Å²) in [6, 6.07) is 6.00. The van der Waals surface area contributed by atoms with Crippen LogP contribution in [-0.4, -0.2) is 50.4 Å². The molecule has 1 aliphatic heterocycles. The number of carbonyl (C=O) groups excluding carboxylic acids is 2. The SMILES string of the molecule is CCCC(C)NS(=O)(=O)c1ccc(C(=O)Nc2sc3c(c2C(=O)OCC)CCN(C(C)C)C3)cc1. The smallest absolute Gasteiger partial charge is 0.341 e. The summed E-state index contributed by atoms with van der Waals surface area (Å²) in [6.07, 6.45) is 2.32. The average molecular weight is 522 g/mol. The lowest BCUT2D eigenvalue weighted by atomic mass is 10.0. The third kappa shape index (κ3) is 6.49. The molecule has 2 aromatic rings. The lowest BCUT2D eigenvalue weighted by Crippen LogP contribution is -2.35. The number of benzene rings is 1. The fraction of sp³-hybridized carbons (Fsp3) is 0.520. The van der Waals surface area contributed by atoms with Crippen LogP contribution in [0.3, 0.4) is 0 Å². The molecule has 1 aromatic carbocycles. The number of esters is 1. The molecule has 0 fully saturated rings. The Balaban J connectivity index is 1.82. The van der Waals surface area contributed by atoms with Crippen molar-refractivity contribution in [2.45, 2.75) is 77.4 Å². The maximum atomic E-state index is 13.0. The van der Waals surface area contributed by atoms with Gasteiger partial charge in [0.25, 0.3) is 5.91 Å². The molecule has 0 bridgehead atoms. The van der Waals surface area contributed by atoms with Gasteiger partial charge in [-0.25, -0.2) is 17.9 Å². The summed E-state index contributed by atoms with van der Waals surface area (Å²) in [5.74, 6) is -0.849. The summed E-state index contributed by atoms with van der Waals surface area (Å²) < 4.78 is 33.1. The van der Waals surface area contributed by atoms with Crippen LogP contribution in [0.5, 0.6) is 0 Å². The van der Waals surface area contributed by atoms with E-state index in [1.165, 1.54) is 35.6 Å². The number of carbonyl (C=O) groups is 2. The number of rotatable bonds is 10. The van der Waals surface area contributed by atoms with Gasteiger partial charge in [0.15, 0.2) is 0 Å². The van der Waals surface area contributed by atoms with E-state index in [9.17, 15) is 18.0 Å². The zero-order chi connectivity index (χ0) is 25.8. The maximum Gasteiger partial charge on any atom is 0.341 e. The molecule has 1 atom stereocenters. The van der Waals surface area contributed by atoms with Gasteiger partial charge in [0.2, 0.25) is 10.0 Å². The topological polar surface area (TPSA) is 105 Å². The number of nitrogens with one attached hydrogen (secondary N) is 2. The lowest BCUT2D eigenvalue weighted by molar-refractivity contribution is 0.0526. The van der Waals surface area contributed by atoms with Crippen molar-refractivity contribution in [3.8, 4) is 0 Å². The number of hydrogen-bond acceptors (Lipinski definition) is 7. The van der Waals surface area contributed by atoms with Crippen molar-refractivity contribution >= 4 is 38.2 Å². The van der Waals surface area contributed by atoms with Gasteiger partial charge in [0.05, 0.1) is 17.1 Å². The minimum absolute atomic E-state index is 0.101. The third-order valence-electron chi connectivity index (χ3n) is 6.03. The molecule has 0 spiro atoms. The van der Waals surface area contributed by atoms with Gasteiger partial charge in [0.1, 0.15) is 5.00 Å². The molecular weight excluding hydrogens is 486 g/mol. The second-order valence-corrected chi connectivity index (χ2v) is 11.9. The predicted molar refractivity (Wildman–Crippen MR) is 139 cm³/mol. The zero-order valence-corrected chi connectivity index (χ0v) is 22.6. The number of amides is 1. The van der Waals surface area contributed by atoms with Gasteiger partial charge in [-0.1, -0.05) is 13.3 Å². The monoisotopic (exact) mass is 521 g/mol. The fourth-order valence-electron chi connectivity index (χ4n) is 4.16. The van der Waals surface area contributed by atoms with E-state index in [-0.39, 0.29) is 17.5 Å². The van der Waals surface area contributed by atoms with Crippen LogP contribution in [0.15, 0.2) is 29.2 Å². The molecule has 3 rings (SSSR count). The zero-order valence-electron chi connectivity index (χ0n) is 21.0. The highest BCUT2D eigenvalue weighted by molar-refractivity contribution is 7.89. The first kappa shape index (κ1) is 27.3. The van der Waals surface area contributed by atoms with Crippen LogP contribution in [0.1, 0.15) is 78.6 Å². The number of thiophene rings is 1. The number of fused-ring (bicyclic) bond motifs is 1. The van der Waals surface area contributed by atoms with Gasteiger partial charge in [-0.15, -0.1) is 11.3 Å². The minimum atomic E-state index is -3.67. The fourth-order valence-corrected chi connectivity index (χ4v) is 6.69. The van der Waals surface area contributed by atoms with Crippen molar-refractivity contribution in [3.05, 3.63) is 45.8 Å². The molecule has 10 heteroatoms. The highest BCUT2D eigenvalue weighted by Gasteiger charge is 2.30. The van der Waals surface area contributed by atoms with Crippen molar-refractivity contribution < 1.29 is 22.7 Å². The van der Waals surface area contributed by atoms with Crippen LogP contribution in [0.25, 0.3) is 0 Å². The molecule has 0 radical (unpaired) electrons. The summed E-state index contributed by atoms with van der Waals surface area (Å²) in [7, 11) is -3.67. The standard InChI is InChI=1S/C25H35N3O5S2/c1-6-8-17(5)27-35(31,32)19-11-9-18(10-12-19)23(29)26-24-22(25(30)33-7-2)20-13-14-28(16(3)4)15-21(20)34-24/h9-12,16-17,27H,6-8,13-15H2,1-5H3,(H,26,29). The Morgan fingerprint density at radius 3 is 2.43 bits per heavy atom. The molecule has 192 valence electrons. The number of sulfonamides is 1. The average Bonchev–Trinajstić information content (AvgIpc) is 3.16. The van der Waals surface area contributed by atoms with Crippen molar-refractivity contribution in [1.29, 1.82) is 0 Å². The Bertz CT molecular complexity index is 1160. The van der Waals surface area contributed by atoms with Gasteiger partial charge in [-0.2, -0.15) is 0 Å². The maximum absolute atomic E-state index is 13.0. The summed E-state index contributed by atoms with van der Waals surface area (Å²) >= 11 is 1.40. The largest absolute Gasteiger partial charge is 0.462 e. The van der Waals surface area contributed by atoms with Crippen LogP contribution < -0.4 is 10.0 Å². The quantitative estimate of drug-likeness (QED) is 0.449. The van der Waals surface area contributed by atoms with E-state index < -0.39 is 21.9 Å². The molecule has 2 N–H and O–H groups in total. The van der Waals surface area contributed by atoms with E-state index in [1.807, 2.05) is 13.8 Å². The van der Waals surface area contributed by atoms with Crippen molar-refractivity contribution in [3.63, 3.8) is 0 Å². The van der Waals surface area contributed by atoms with E-state index in [0.717, 1.165) is 36.4 Å². The molecular formula is C25H35N3O5S2. The van der Waals surface area contributed by atoms with Gasteiger partial charge >= 0.3 is 5.97 Å². The molecule has 2 heterocycles. The Labute approximate surface area is 212 Å². The molecule has 35 heavy (non-hydrogen) atoms. The molecule has 0 saturated heterocycles. The van der Waals surface area contributed by atoms with Crippen molar-refractivity contribution in [2.75, 3.05) is 18.5 Å². The van der Waals surface area contributed by atoms with Gasteiger partial charge in [-0.3, -0.25) is 9.69 Å². The van der Waals surface area contributed by atoms with Crippen LogP contribution in [0.4, 0.5) is 5.00 Å². The van der Waals surface area contributed by atoms with Gasteiger partial charge in [0, 0.05) is 35.6 Å². The normalized spacial score (nSPS) is 15.0. The van der Waals surface area contributed by atoms with E-state index in [0.29, 0.717) is 28.6 Å². The van der Waals surface area contributed by atoms with E-state index in [2.05, 4.69) is 28.8 Å². The van der Waals surface area contributed by atoms with Crippen LogP contribution in [-0.2, 0) is 27.7 Å². The van der Waals surface area contributed by atoms with E-state index in [1.54, 1.807) is 6.92 Å². The number of nitrogens with zero attached hydrogens (tertiary/aromatic N) is 1. The second kappa shape index (κ2) is 11.6. The lowest BCUT2D eigenvalue weighted by Gasteiger charge is -2.30. The van der Waals surface area contributed by atoms with Crippen LogP contribution in [0, 0.1) is 0 Å². The Hall–Kier alpha value is -2.27. The number of ether oxygens (including phenoxy) is 1. The number of hydrogen-bond donors (Lipinski definition) is 2. The highest BCUT2D eigenvalue weighted by Crippen LogP contribution is 2.38. The molecule has 0 saturated carbocycles. The summed E-state index contributed by atoms with van der Waals surface area (Å²) in [4.78, 5) is 29.3. The summed E-state index contributed by atoms with van der Waals surface area (Å²) in [6.45, 7) is 11.6. The first-order valence-electron chi connectivity index (χ1n) is 12.1. The van der Waals surface area contributed by atoms with Crippen LogP contribution in [0.2, 0.25) is 0 Å². The third-order valence-corrected chi connectivity index (χ3v) is 8.77. The minimum Gasteiger partial charge on any atom is -0.462 e. The predicted octanol–water partition coefficient (Wildman–Crippen LogP) is 4.41. The number of anilines is 1. The Morgan fingerprint density at radius 2 is 1.83 bits per heavy atom. The first-order valence-corrected chi connectivity index (χ1v) is 14.4. The van der Waals surface area contributed by atoms with E-state index in [4.69, 9.17) is 4.74 Å². The molecule has 1 amide bonds. The Morgan fingerprint density at radius 1 is 1.14 bits per heavy atom. The molecule has 1 aromatic heterocycles. The second-order valence-electron chi connectivity index (χ2n) is 9.03. The first-order chi connectivity index (χ1) is 16.6. The Kier molecular flexibility index (Phi) is 9.09. The highest BCUT2D eigenvalue weighted by atomic mass is 32.2. The molecule has 8 nitrogen and oxygen atoms in total. The van der Waals surface area contributed by atoms with Crippen LogP contribution >= 0.6 is 11.3 Å². The van der Waals surface area contributed by atoms with Gasteiger partial charge in [-0.05, 0) is 70.4 Å². The van der Waals surface area contributed by atoms with Gasteiger partial charge < -0.3 is 10.1 Å². The molecule has 1 unspecified atom stereocenters. The van der Waals surface area contributed by atoms with Crippen molar-refractivity contribution in [2.24, 2.45) is 0 Å².